The smallest absolute Gasteiger partial charge is 0.219 e. The van der Waals surface area contributed by atoms with Gasteiger partial charge in [0.1, 0.15) is 6.10 Å². The molecule has 5 nitrogen and oxygen atoms in total. The molecule has 4 rings (SSSR count). The molecule has 0 radical (unpaired) electrons. The molecule has 1 fully saturated rings. The van der Waals surface area contributed by atoms with Gasteiger partial charge in [-0.1, -0.05) is 23.7 Å². The summed E-state index contributed by atoms with van der Waals surface area (Å²) in [5.74, 6) is 0.107. The summed E-state index contributed by atoms with van der Waals surface area (Å²) in [6, 6.07) is 7.71. The zero-order chi connectivity index (χ0) is 16.0. The third kappa shape index (κ3) is 2.86. The predicted octanol–water partition coefficient (Wildman–Crippen LogP) is 2.51. The van der Waals surface area contributed by atoms with Crippen molar-refractivity contribution in [3.63, 3.8) is 0 Å². The molecule has 23 heavy (non-hydrogen) atoms. The molecule has 120 valence electrons. The maximum absolute atomic E-state index is 11.8. The first kappa shape index (κ1) is 14.7. The SMILES string of the molecule is CC(=O)N1CCc2c(c(-c3ccc(Cl)cc3)nn2CC2CO2)C1. The summed E-state index contributed by atoms with van der Waals surface area (Å²) in [7, 11) is 0. The van der Waals surface area contributed by atoms with Crippen molar-refractivity contribution in [2.45, 2.75) is 32.5 Å². The minimum absolute atomic E-state index is 0.107. The van der Waals surface area contributed by atoms with E-state index >= 15 is 0 Å². The fourth-order valence-electron chi connectivity index (χ4n) is 3.12. The van der Waals surface area contributed by atoms with Crippen LogP contribution in [0.5, 0.6) is 0 Å². The third-order valence-corrected chi connectivity index (χ3v) is 4.73. The van der Waals surface area contributed by atoms with Crippen LogP contribution < -0.4 is 0 Å². The Labute approximate surface area is 139 Å². The Morgan fingerprint density at radius 3 is 2.78 bits per heavy atom. The highest BCUT2D eigenvalue weighted by molar-refractivity contribution is 6.30. The lowest BCUT2D eigenvalue weighted by Crippen LogP contribution is -2.34. The number of aromatic nitrogens is 2. The number of hydrogen-bond acceptors (Lipinski definition) is 3. The number of carbonyl (C=O) groups is 1. The van der Waals surface area contributed by atoms with E-state index in [1.54, 1.807) is 6.92 Å². The second-order valence-electron chi connectivity index (χ2n) is 6.11. The van der Waals surface area contributed by atoms with Crippen molar-refractivity contribution in [1.82, 2.24) is 14.7 Å². The molecule has 2 aliphatic heterocycles. The van der Waals surface area contributed by atoms with E-state index in [-0.39, 0.29) is 12.0 Å². The van der Waals surface area contributed by atoms with Gasteiger partial charge in [-0.3, -0.25) is 9.48 Å². The van der Waals surface area contributed by atoms with Crippen molar-refractivity contribution >= 4 is 17.5 Å². The van der Waals surface area contributed by atoms with E-state index in [0.29, 0.717) is 11.6 Å². The van der Waals surface area contributed by atoms with Crippen LogP contribution in [0.15, 0.2) is 24.3 Å². The molecule has 1 unspecified atom stereocenters. The number of benzene rings is 1. The molecule has 0 saturated carbocycles. The zero-order valence-electron chi connectivity index (χ0n) is 13.0. The number of fused-ring (bicyclic) bond motifs is 1. The lowest BCUT2D eigenvalue weighted by molar-refractivity contribution is -0.129. The quantitative estimate of drug-likeness (QED) is 0.812. The Bertz CT molecular complexity index is 750. The van der Waals surface area contributed by atoms with Crippen LogP contribution in [0.1, 0.15) is 18.2 Å². The minimum Gasteiger partial charge on any atom is -0.371 e. The Hall–Kier alpha value is -1.85. The van der Waals surface area contributed by atoms with E-state index in [9.17, 15) is 4.79 Å². The Morgan fingerprint density at radius 1 is 1.39 bits per heavy atom. The number of ether oxygens (including phenoxy) is 1. The number of carbonyl (C=O) groups excluding carboxylic acids is 1. The Balaban J connectivity index is 1.76. The summed E-state index contributed by atoms with van der Waals surface area (Å²) in [6.07, 6.45) is 1.12. The van der Waals surface area contributed by atoms with Gasteiger partial charge in [-0.15, -0.1) is 0 Å². The molecule has 0 aliphatic carbocycles. The van der Waals surface area contributed by atoms with Crippen LogP contribution in [-0.2, 0) is 29.0 Å². The maximum Gasteiger partial charge on any atom is 0.219 e. The van der Waals surface area contributed by atoms with Crippen LogP contribution in [0, 0.1) is 0 Å². The highest BCUT2D eigenvalue weighted by Crippen LogP contribution is 2.31. The second-order valence-corrected chi connectivity index (χ2v) is 6.55. The molecule has 1 aromatic carbocycles. The molecule has 1 aromatic heterocycles. The first-order valence-corrected chi connectivity index (χ1v) is 8.21. The van der Waals surface area contributed by atoms with Gasteiger partial charge in [0.2, 0.25) is 5.91 Å². The Kier molecular flexibility index (Phi) is 3.62. The van der Waals surface area contributed by atoms with Gasteiger partial charge in [0.25, 0.3) is 0 Å². The van der Waals surface area contributed by atoms with Crippen LogP contribution in [0.2, 0.25) is 5.02 Å². The van der Waals surface area contributed by atoms with Crippen LogP contribution in [0.4, 0.5) is 0 Å². The van der Waals surface area contributed by atoms with Gasteiger partial charge in [-0.2, -0.15) is 5.10 Å². The molecular formula is C17H18ClN3O2. The van der Waals surface area contributed by atoms with E-state index in [2.05, 4.69) is 4.68 Å². The zero-order valence-corrected chi connectivity index (χ0v) is 13.7. The highest BCUT2D eigenvalue weighted by Gasteiger charge is 2.30. The number of hydrogen-bond donors (Lipinski definition) is 0. The minimum atomic E-state index is 0.107. The summed E-state index contributed by atoms with van der Waals surface area (Å²) in [5, 5.41) is 5.53. The fraction of sp³-hybridized carbons (Fsp3) is 0.412. The van der Waals surface area contributed by atoms with Crippen LogP contribution >= 0.6 is 11.6 Å². The van der Waals surface area contributed by atoms with Crippen LogP contribution in [-0.4, -0.2) is 39.8 Å². The number of amides is 1. The molecule has 1 amide bonds. The molecule has 0 N–H and O–H groups in total. The van der Waals surface area contributed by atoms with Crippen molar-refractivity contribution < 1.29 is 9.53 Å². The van der Waals surface area contributed by atoms with E-state index in [1.807, 2.05) is 29.2 Å². The van der Waals surface area contributed by atoms with Crippen molar-refractivity contribution in [3.8, 4) is 11.3 Å². The fourth-order valence-corrected chi connectivity index (χ4v) is 3.24. The van der Waals surface area contributed by atoms with Crippen molar-refractivity contribution in [1.29, 1.82) is 0 Å². The van der Waals surface area contributed by atoms with Gasteiger partial charge in [0.05, 0.1) is 18.8 Å². The summed E-state index contributed by atoms with van der Waals surface area (Å²) in [5.41, 5.74) is 4.35. The molecular weight excluding hydrogens is 314 g/mol. The van der Waals surface area contributed by atoms with E-state index < -0.39 is 0 Å². The number of rotatable bonds is 3. The van der Waals surface area contributed by atoms with Gasteiger partial charge in [0, 0.05) is 48.3 Å². The van der Waals surface area contributed by atoms with Gasteiger partial charge < -0.3 is 9.64 Å². The van der Waals surface area contributed by atoms with Gasteiger partial charge in [0.15, 0.2) is 0 Å². The van der Waals surface area contributed by atoms with Crippen molar-refractivity contribution in [2.75, 3.05) is 13.2 Å². The van der Waals surface area contributed by atoms with Crippen LogP contribution in [0.3, 0.4) is 0 Å². The van der Waals surface area contributed by atoms with Gasteiger partial charge in [-0.05, 0) is 12.1 Å². The lowest BCUT2D eigenvalue weighted by Gasteiger charge is -2.26. The van der Waals surface area contributed by atoms with Crippen molar-refractivity contribution in [3.05, 3.63) is 40.5 Å². The number of nitrogens with zero attached hydrogens (tertiary/aromatic N) is 3. The number of epoxide rings is 1. The standard InChI is InChI=1S/C17H18ClN3O2/c1-11(22)20-7-6-16-15(9-20)17(12-2-4-13(18)5-3-12)19-21(16)8-14-10-23-14/h2-5,14H,6-10H2,1H3. The van der Waals surface area contributed by atoms with Crippen molar-refractivity contribution in [2.24, 2.45) is 0 Å². The topological polar surface area (TPSA) is 50.7 Å². The van der Waals surface area contributed by atoms with Gasteiger partial charge >= 0.3 is 0 Å². The second kappa shape index (κ2) is 5.65. The molecule has 0 bridgehead atoms. The molecule has 0 spiro atoms. The van der Waals surface area contributed by atoms with Crippen LogP contribution in [0.25, 0.3) is 11.3 Å². The molecule has 1 atom stereocenters. The Morgan fingerprint density at radius 2 is 2.13 bits per heavy atom. The summed E-state index contributed by atoms with van der Waals surface area (Å²) >= 11 is 5.99. The predicted molar refractivity (Wildman–Crippen MR) is 87.2 cm³/mol. The van der Waals surface area contributed by atoms with Gasteiger partial charge in [-0.25, -0.2) is 0 Å². The first-order chi connectivity index (χ1) is 11.1. The molecule has 1 saturated heterocycles. The maximum atomic E-state index is 11.8. The normalized spacial score (nSPS) is 19.6. The average molecular weight is 332 g/mol. The van der Waals surface area contributed by atoms with E-state index in [0.717, 1.165) is 42.9 Å². The lowest BCUT2D eigenvalue weighted by atomic mass is 10.0. The van der Waals surface area contributed by atoms with E-state index in [4.69, 9.17) is 21.4 Å². The molecule has 6 heteroatoms. The highest BCUT2D eigenvalue weighted by atomic mass is 35.5. The number of halogens is 1. The van der Waals surface area contributed by atoms with E-state index in [1.165, 1.54) is 5.69 Å². The largest absolute Gasteiger partial charge is 0.371 e. The summed E-state index contributed by atoms with van der Waals surface area (Å²) < 4.78 is 7.41. The molecule has 2 aliphatic rings. The monoisotopic (exact) mass is 331 g/mol. The molecule has 3 heterocycles. The first-order valence-electron chi connectivity index (χ1n) is 7.83. The average Bonchev–Trinajstić information content (AvgIpc) is 3.29. The third-order valence-electron chi connectivity index (χ3n) is 4.48. The summed E-state index contributed by atoms with van der Waals surface area (Å²) in [4.78, 5) is 13.6. The summed E-state index contributed by atoms with van der Waals surface area (Å²) in [6.45, 7) is 4.59. The molecule has 2 aromatic rings.